The number of benzene rings is 1. The summed E-state index contributed by atoms with van der Waals surface area (Å²) in [6, 6.07) is 7.65. The molecule has 2 heteroatoms. The first-order valence-corrected chi connectivity index (χ1v) is 6.20. The van der Waals surface area contributed by atoms with Gasteiger partial charge in [0, 0.05) is 0 Å². The number of unbranched alkanes of at least 4 members (excludes halogenated alkanes) is 2. The molecule has 0 saturated carbocycles. The fraction of sp³-hybridized carbons (Fsp3) is 0.467. The molecule has 0 amide bonds. The minimum atomic E-state index is -0.435. The highest BCUT2D eigenvalue weighted by atomic mass is 16.5. The second-order valence-electron chi connectivity index (χ2n) is 4.27. The third kappa shape index (κ3) is 4.23. The number of rotatable bonds is 7. The van der Waals surface area contributed by atoms with E-state index in [0.29, 0.717) is 0 Å². The van der Waals surface area contributed by atoms with Crippen LogP contribution in [0.3, 0.4) is 0 Å². The van der Waals surface area contributed by atoms with Gasteiger partial charge in [-0.05, 0) is 29.7 Å². The summed E-state index contributed by atoms with van der Waals surface area (Å²) >= 11 is 0. The zero-order valence-corrected chi connectivity index (χ0v) is 10.8. The SMILES string of the molecule is C=C(c1ccc(OC)cc1)C(O)CCCCC. The van der Waals surface area contributed by atoms with E-state index in [1.54, 1.807) is 7.11 Å². The van der Waals surface area contributed by atoms with Gasteiger partial charge in [-0.25, -0.2) is 0 Å². The van der Waals surface area contributed by atoms with E-state index in [4.69, 9.17) is 4.74 Å². The maximum Gasteiger partial charge on any atom is 0.118 e. The van der Waals surface area contributed by atoms with Crippen LogP contribution in [0.2, 0.25) is 0 Å². The van der Waals surface area contributed by atoms with Crippen molar-refractivity contribution >= 4 is 5.57 Å². The number of aliphatic hydroxyl groups excluding tert-OH is 1. The largest absolute Gasteiger partial charge is 0.497 e. The molecule has 2 nitrogen and oxygen atoms in total. The summed E-state index contributed by atoms with van der Waals surface area (Å²) in [7, 11) is 1.64. The summed E-state index contributed by atoms with van der Waals surface area (Å²) in [5, 5.41) is 9.99. The summed E-state index contributed by atoms with van der Waals surface area (Å²) in [6.45, 7) is 6.13. The van der Waals surface area contributed by atoms with Crippen LogP contribution in [0.15, 0.2) is 30.8 Å². The topological polar surface area (TPSA) is 29.5 Å². The second-order valence-corrected chi connectivity index (χ2v) is 4.27. The van der Waals surface area contributed by atoms with E-state index in [1.807, 2.05) is 24.3 Å². The molecule has 1 atom stereocenters. The highest BCUT2D eigenvalue weighted by Crippen LogP contribution is 2.22. The first-order chi connectivity index (χ1) is 8.19. The number of hydrogen-bond acceptors (Lipinski definition) is 2. The summed E-state index contributed by atoms with van der Waals surface area (Å²) in [6.07, 6.45) is 3.73. The Kier molecular flexibility index (Phi) is 5.78. The Labute approximate surface area is 104 Å². The van der Waals surface area contributed by atoms with Crippen molar-refractivity contribution in [3.63, 3.8) is 0 Å². The minimum absolute atomic E-state index is 0.435. The average Bonchev–Trinajstić information content (AvgIpc) is 2.38. The van der Waals surface area contributed by atoms with E-state index in [2.05, 4.69) is 13.5 Å². The van der Waals surface area contributed by atoms with E-state index in [1.165, 1.54) is 6.42 Å². The third-order valence-corrected chi connectivity index (χ3v) is 2.94. The monoisotopic (exact) mass is 234 g/mol. The number of methoxy groups -OCH3 is 1. The molecule has 0 aliphatic carbocycles. The van der Waals surface area contributed by atoms with Crippen LogP contribution in [0.4, 0.5) is 0 Å². The van der Waals surface area contributed by atoms with Crippen molar-refractivity contribution in [2.45, 2.75) is 38.7 Å². The van der Waals surface area contributed by atoms with Gasteiger partial charge in [0.2, 0.25) is 0 Å². The van der Waals surface area contributed by atoms with Crippen molar-refractivity contribution < 1.29 is 9.84 Å². The molecule has 0 aliphatic rings. The number of ether oxygens (including phenoxy) is 1. The molecule has 0 fully saturated rings. The van der Waals surface area contributed by atoms with E-state index in [-0.39, 0.29) is 0 Å². The predicted molar refractivity (Wildman–Crippen MR) is 72.2 cm³/mol. The summed E-state index contributed by atoms with van der Waals surface area (Å²) in [4.78, 5) is 0. The fourth-order valence-electron chi connectivity index (χ4n) is 1.76. The number of aliphatic hydroxyl groups is 1. The van der Waals surface area contributed by atoms with E-state index in [9.17, 15) is 5.11 Å². The molecule has 0 heterocycles. The van der Waals surface area contributed by atoms with Crippen LogP contribution in [0.1, 0.15) is 38.2 Å². The van der Waals surface area contributed by atoms with Crippen LogP contribution in [0.25, 0.3) is 5.57 Å². The lowest BCUT2D eigenvalue weighted by molar-refractivity contribution is 0.218. The van der Waals surface area contributed by atoms with Crippen LogP contribution >= 0.6 is 0 Å². The average molecular weight is 234 g/mol. The predicted octanol–water partition coefficient (Wildman–Crippen LogP) is 3.65. The quantitative estimate of drug-likeness (QED) is 0.730. The summed E-state index contributed by atoms with van der Waals surface area (Å²) in [5.74, 6) is 0.821. The van der Waals surface area contributed by atoms with Crippen LogP contribution in [-0.4, -0.2) is 18.3 Å². The molecule has 94 valence electrons. The van der Waals surface area contributed by atoms with Crippen molar-refractivity contribution in [3.05, 3.63) is 36.4 Å². The van der Waals surface area contributed by atoms with Crippen LogP contribution in [-0.2, 0) is 0 Å². The first-order valence-electron chi connectivity index (χ1n) is 6.20. The second kappa shape index (κ2) is 7.13. The van der Waals surface area contributed by atoms with Crippen molar-refractivity contribution in [2.24, 2.45) is 0 Å². The van der Waals surface area contributed by atoms with Crippen LogP contribution in [0, 0.1) is 0 Å². The van der Waals surface area contributed by atoms with E-state index < -0.39 is 6.10 Å². The Hall–Kier alpha value is -1.28. The normalized spacial score (nSPS) is 12.2. The molecule has 0 bridgehead atoms. The molecular formula is C15H22O2. The van der Waals surface area contributed by atoms with Gasteiger partial charge in [-0.2, -0.15) is 0 Å². The first kappa shape index (κ1) is 13.8. The van der Waals surface area contributed by atoms with E-state index >= 15 is 0 Å². The molecule has 0 aromatic heterocycles. The molecule has 1 rings (SSSR count). The highest BCUT2D eigenvalue weighted by molar-refractivity contribution is 5.66. The third-order valence-electron chi connectivity index (χ3n) is 2.94. The summed E-state index contributed by atoms with van der Waals surface area (Å²) in [5.41, 5.74) is 1.78. The van der Waals surface area contributed by atoms with Crippen molar-refractivity contribution in [3.8, 4) is 5.75 Å². The molecule has 1 N–H and O–H groups in total. The summed E-state index contributed by atoms with van der Waals surface area (Å²) < 4.78 is 5.10. The standard InChI is InChI=1S/C15H22O2/c1-4-5-6-7-15(16)12(2)13-8-10-14(17-3)11-9-13/h8-11,15-16H,2,4-7H2,1,3H3. The molecule has 17 heavy (non-hydrogen) atoms. The molecule has 0 aliphatic heterocycles. The van der Waals surface area contributed by atoms with Gasteiger partial charge in [0.15, 0.2) is 0 Å². The Morgan fingerprint density at radius 3 is 2.47 bits per heavy atom. The molecule has 1 aromatic carbocycles. The fourth-order valence-corrected chi connectivity index (χ4v) is 1.76. The Bertz CT molecular complexity index is 340. The maximum atomic E-state index is 9.99. The Balaban J connectivity index is 2.55. The van der Waals surface area contributed by atoms with Crippen LogP contribution < -0.4 is 4.74 Å². The van der Waals surface area contributed by atoms with Crippen molar-refractivity contribution in [1.29, 1.82) is 0 Å². The molecule has 1 aromatic rings. The zero-order valence-electron chi connectivity index (χ0n) is 10.8. The molecule has 1 unspecified atom stereocenters. The maximum absolute atomic E-state index is 9.99. The van der Waals surface area contributed by atoms with Gasteiger partial charge < -0.3 is 9.84 Å². The highest BCUT2D eigenvalue weighted by Gasteiger charge is 2.10. The smallest absolute Gasteiger partial charge is 0.118 e. The van der Waals surface area contributed by atoms with E-state index in [0.717, 1.165) is 36.1 Å². The number of hydrogen-bond donors (Lipinski definition) is 1. The van der Waals surface area contributed by atoms with Crippen molar-refractivity contribution in [2.75, 3.05) is 7.11 Å². The van der Waals surface area contributed by atoms with Gasteiger partial charge in [0.25, 0.3) is 0 Å². The Morgan fingerprint density at radius 2 is 1.94 bits per heavy atom. The molecule has 0 spiro atoms. The van der Waals surface area contributed by atoms with Gasteiger partial charge in [-0.15, -0.1) is 0 Å². The molecule has 0 saturated heterocycles. The van der Waals surface area contributed by atoms with Gasteiger partial charge >= 0.3 is 0 Å². The molecular weight excluding hydrogens is 212 g/mol. The van der Waals surface area contributed by atoms with Gasteiger partial charge in [0.05, 0.1) is 13.2 Å². The van der Waals surface area contributed by atoms with Gasteiger partial charge in [-0.3, -0.25) is 0 Å². The van der Waals surface area contributed by atoms with Crippen molar-refractivity contribution in [1.82, 2.24) is 0 Å². The van der Waals surface area contributed by atoms with Gasteiger partial charge in [-0.1, -0.05) is 44.9 Å². The zero-order chi connectivity index (χ0) is 12.7. The lowest BCUT2D eigenvalue weighted by Gasteiger charge is -2.14. The molecule has 0 radical (unpaired) electrons. The van der Waals surface area contributed by atoms with Crippen LogP contribution in [0.5, 0.6) is 5.75 Å². The minimum Gasteiger partial charge on any atom is -0.497 e. The Morgan fingerprint density at radius 1 is 1.29 bits per heavy atom. The lowest BCUT2D eigenvalue weighted by Crippen LogP contribution is -2.08. The lowest BCUT2D eigenvalue weighted by atomic mass is 9.98. The van der Waals surface area contributed by atoms with Gasteiger partial charge in [0.1, 0.15) is 5.75 Å².